The molecule has 0 aliphatic heterocycles. The fourth-order valence-electron chi connectivity index (χ4n) is 0.916. The highest BCUT2D eigenvalue weighted by Crippen LogP contribution is 2.21. The number of benzene rings is 1. The topological polar surface area (TPSA) is 66.4 Å². The Labute approximate surface area is 95.4 Å². The zero-order chi connectivity index (χ0) is 11.4. The van der Waals surface area contributed by atoms with Crippen LogP contribution in [-0.4, -0.2) is 17.0 Å². The van der Waals surface area contributed by atoms with Gasteiger partial charge >= 0.3 is 5.97 Å². The van der Waals surface area contributed by atoms with E-state index in [4.69, 9.17) is 5.11 Å². The van der Waals surface area contributed by atoms with Gasteiger partial charge < -0.3 is 10.4 Å². The molecule has 2 N–H and O–H groups in total. The van der Waals surface area contributed by atoms with Crippen molar-refractivity contribution >= 4 is 33.5 Å². The number of halogens is 1. The Kier molecular flexibility index (Phi) is 3.85. The number of carbonyl (C=O) groups excluding carboxylic acids is 1. The summed E-state index contributed by atoms with van der Waals surface area (Å²) < 4.78 is 0.718. The molecule has 1 amide bonds. The van der Waals surface area contributed by atoms with Crippen molar-refractivity contribution in [3.8, 4) is 0 Å². The first-order valence-corrected chi connectivity index (χ1v) is 5.10. The Balaban J connectivity index is 2.75. The molecule has 4 nitrogen and oxygen atoms in total. The van der Waals surface area contributed by atoms with E-state index in [1.807, 2.05) is 0 Å². The summed E-state index contributed by atoms with van der Waals surface area (Å²) in [5.74, 6) is -2.73. The summed E-state index contributed by atoms with van der Waals surface area (Å²) in [7, 11) is 0. The average Bonchev–Trinajstić information content (AvgIpc) is 2.20. The molecule has 1 aromatic carbocycles. The van der Waals surface area contributed by atoms with E-state index in [2.05, 4.69) is 21.2 Å². The Morgan fingerprint density at radius 3 is 2.53 bits per heavy atom. The number of anilines is 1. The van der Waals surface area contributed by atoms with Gasteiger partial charge in [-0.2, -0.15) is 0 Å². The molecule has 0 fully saturated rings. The summed E-state index contributed by atoms with van der Waals surface area (Å²) in [4.78, 5) is 21.9. The highest BCUT2D eigenvalue weighted by molar-refractivity contribution is 9.10. The van der Waals surface area contributed by atoms with Crippen LogP contribution in [0.4, 0.5) is 5.69 Å². The van der Waals surface area contributed by atoms with E-state index < -0.39 is 17.8 Å². The summed E-state index contributed by atoms with van der Waals surface area (Å²) in [6.45, 7) is 1.34. The minimum absolute atomic E-state index is 0.533. The molecule has 0 saturated carbocycles. The SMILES string of the molecule is C[C@H](C(=O)O)C(=O)Nc1ccccc1Br. The highest BCUT2D eigenvalue weighted by atomic mass is 79.9. The van der Waals surface area contributed by atoms with Crippen LogP contribution in [0.25, 0.3) is 0 Å². The fraction of sp³-hybridized carbons (Fsp3) is 0.200. The number of amides is 1. The van der Waals surface area contributed by atoms with E-state index in [0.717, 1.165) is 4.47 Å². The van der Waals surface area contributed by atoms with Gasteiger partial charge in [-0.15, -0.1) is 0 Å². The lowest BCUT2D eigenvalue weighted by molar-refractivity contribution is -0.144. The van der Waals surface area contributed by atoms with Gasteiger partial charge in [-0.05, 0) is 35.0 Å². The molecule has 1 atom stereocenters. The Morgan fingerprint density at radius 1 is 1.40 bits per heavy atom. The largest absolute Gasteiger partial charge is 0.481 e. The lowest BCUT2D eigenvalue weighted by atomic mass is 10.1. The van der Waals surface area contributed by atoms with Crippen LogP contribution in [0.2, 0.25) is 0 Å². The van der Waals surface area contributed by atoms with Crippen molar-refractivity contribution in [1.29, 1.82) is 0 Å². The lowest BCUT2D eigenvalue weighted by Crippen LogP contribution is -2.26. The monoisotopic (exact) mass is 271 g/mol. The molecule has 0 spiro atoms. The second-order valence-electron chi connectivity index (χ2n) is 3.03. The van der Waals surface area contributed by atoms with Crippen LogP contribution < -0.4 is 5.32 Å². The molecule has 1 rings (SSSR count). The summed E-state index contributed by atoms with van der Waals surface area (Å²) in [5.41, 5.74) is 0.565. The number of hydrogen-bond donors (Lipinski definition) is 2. The van der Waals surface area contributed by atoms with Crippen LogP contribution in [0.5, 0.6) is 0 Å². The first-order valence-electron chi connectivity index (χ1n) is 4.30. The molecule has 0 saturated heterocycles. The molecular weight excluding hydrogens is 262 g/mol. The molecule has 0 bridgehead atoms. The predicted octanol–water partition coefficient (Wildman–Crippen LogP) is 2.11. The Morgan fingerprint density at radius 2 is 2.00 bits per heavy atom. The van der Waals surface area contributed by atoms with Crippen LogP contribution in [-0.2, 0) is 9.59 Å². The number of carboxylic acid groups (broad SMARTS) is 1. The third kappa shape index (κ3) is 3.06. The van der Waals surface area contributed by atoms with Gasteiger partial charge in [0.25, 0.3) is 0 Å². The second kappa shape index (κ2) is 4.93. The van der Waals surface area contributed by atoms with Crippen LogP contribution in [0, 0.1) is 5.92 Å². The molecule has 15 heavy (non-hydrogen) atoms. The molecule has 0 unspecified atom stereocenters. The standard InChI is InChI=1S/C10H10BrNO3/c1-6(10(14)15)9(13)12-8-5-3-2-4-7(8)11/h2-6H,1H3,(H,12,13)(H,14,15)/t6-/m0/s1. The second-order valence-corrected chi connectivity index (χ2v) is 3.88. The minimum atomic E-state index is -1.14. The van der Waals surface area contributed by atoms with Gasteiger partial charge in [0, 0.05) is 4.47 Å². The maximum Gasteiger partial charge on any atom is 0.315 e. The van der Waals surface area contributed by atoms with Crippen molar-refractivity contribution in [2.45, 2.75) is 6.92 Å². The van der Waals surface area contributed by atoms with Gasteiger partial charge in [-0.1, -0.05) is 12.1 Å². The number of aliphatic carboxylic acids is 1. The van der Waals surface area contributed by atoms with E-state index in [9.17, 15) is 9.59 Å². The molecule has 0 radical (unpaired) electrons. The summed E-state index contributed by atoms with van der Waals surface area (Å²) in [6.07, 6.45) is 0. The minimum Gasteiger partial charge on any atom is -0.481 e. The highest BCUT2D eigenvalue weighted by Gasteiger charge is 2.20. The smallest absolute Gasteiger partial charge is 0.315 e. The first-order chi connectivity index (χ1) is 7.02. The fourth-order valence-corrected chi connectivity index (χ4v) is 1.30. The van der Waals surface area contributed by atoms with Crippen molar-refractivity contribution in [1.82, 2.24) is 0 Å². The Bertz CT molecular complexity index is 392. The zero-order valence-electron chi connectivity index (χ0n) is 8.03. The van der Waals surface area contributed by atoms with Gasteiger partial charge in [0.05, 0.1) is 5.69 Å². The van der Waals surface area contributed by atoms with Crippen molar-refractivity contribution in [2.24, 2.45) is 5.92 Å². The lowest BCUT2D eigenvalue weighted by Gasteiger charge is -2.09. The van der Waals surface area contributed by atoms with Crippen molar-refractivity contribution in [3.63, 3.8) is 0 Å². The van der Waals surface area contributed by atoms with Crippen LogP contribution >= 0.6 is 15.9 Å². The number of nitrogens with one attached hydrogen (secondary N) is 1. The summed E-state index contributed by atoms with van der Waals surface area (Å²) >= 11 is 3.25. The molecular formula is C10H10BrNO3. The molecule has 1 aromatic rings. The number of hydrogen-bond acceptors (Lipinski definition) is 2. The number of rotatable bonds is 3. The summed E-state index contributed by atoms with van der Waals surface area (Å²) in [5, 5.41) is 11.2. The molecule has 0 heterocycles. The predicted molar refractivity (Wildman–Crippen MR) is 59.6 cm³/mol. The van der Waals surface area contributed by atoms with Gasteiger partial charge in [0.15, 0.2) is 0 Å². The number of para-hydroxylation sites is 1. The maximum absolute atomic E-state index is 11.4. The normalized spacial score (nSPS) is 11.9. The average molecular weight is 272 g/mol. The maximum atomic E-state index is 11.4. The Hall–Kier alpha value is -1.36. The number of carboxylic acids is 1. The number of carbonyl (C=O) groups is 2. The molecule has 0 aliphatic carbocycles. The van der Waals surface area contributed by atoms with Crippen LogP contribution in [0.15, 0.2) is 28.7 Å². The molecule has 0 aliphatic rings. The third-order valence-corrected chi connectivity index (χ3v) is 2.59. The van der Waals surface area contributed by atoms with E-state index in [-0.39, 0.29) is 0 Å². The van der Waals surface area contributed by atoms with Crippen molar-refractivity contribution < 1.29 is 14.7 Å². The quantitative estimate of drug-likeness (QED) is 0.828. The van der Waals surface area contributed by atoms with Gasteiger partial charge in [-0.3, -0.25) is 9.59 Å². The molecule has 80 valence electrons. The van der Waals surface area contributed by atoms with Crippen molar-refractivity contribution in [2.75, 3.05) is 5.32 Å². The molecule has 0 aromatic heterocycles. The van der Waals surface area contributed by atoms with E-state index in [1.54, 1.807) is 24.3 Å². The van der Waals surface area contributed by atoms with Crippen LogP contribution in [0.3, 0.4) is 0 Å². The zero-order valence-corrected chi connectivity index (χ0v) is 9.61. The van der Waals surface area contributed by atoms with Crippen molar-refractivity contribution in [3.05, 3.63) is 28.7 Å². The first kappa shape index (κ1) is 11.7. The third-order valence-electron chi connectivity index (χ3n) is 1.90. The van der Waals surface area contributed by atoms with E-state index >= 15 is 0 Å². The van der Waals surface area contributed by atoms with E-state index in [0.29, 0.717) is 5.69 Å². The van der Waals surface area contributed by atoms with Crippen LogP contribution in [0.1, 0.15) is 6.92 Å². The van der Waals surface area contributed by atoms with Gasteiger partial charge in [-0.25, -0.2) is 0 Å². The van der Waals surface area contributed by atoms with Gasteiger partial charge in [0.1, 0.15) is 5.92 Å². The summed E-state index contributed by atoms with van der Waals surface area (Å²) in [6, 6.07) is 7.02. The van der Waals surface area contributed by atoms with Gasteiger partial charge in [0.2, 0.25) is 5.91 Å². The molecule has 5 heteroatoms. The van der Waals surface area contributed by atoms with E-state index in [1.165, 1.54) is 6.92 Å².